The van der Waals surface area contributed by atoms with Crippen molar-refractivity contribution in [3.8, 4) is 11.5 Å². The van der Waals surface area contributed by atoms with Gasteiger partial charge in [-0.15, -0.1) is 11.8 Å². The second-order valence-corrected chi connectivity index (χ2v) is 9.46. The number of amides is 1. The second kappa shape index (κ2) is 11.3. The van der Waals surface area contributed by atoms with Crippen LogP contribution in [0.5, 0.6) is 11.5 Å². The maximum Gasteiger partial charge on any atom is 0.267 e. The van der Waals surface area contributed by atoms with Crippen LogP contribution in [0.1, 0.15) is 16.7 Å². The van der Waals surface area contributed by atoms with Crippen molar-refractivity contribution in [3.05, 3.63) is 94.4 Å². The SMILES string of the molecule is COc1ccc(CN=C2S/C(=C\c3ccc(SC)cc3)C(=O)N2Cc2ccc(OC)cc2)cc1. The van der Waals surface area contributed by atoms with Crippen molar-refractivity contribution < 1.29 is 14.3 Å². The molecule has 3 aromatic rings. The molecule has 0 aromatic heterocycles. The van der Waals surface area contributed by atoms with Gasteiger partial charge in [0, 0.05) is 4.90 Å². The van der Waals surface area contributed by atoms with Crippen LogP contribution in [0, 0.1) is 0 Å². The van der Waals surface area contributed by atoms with E-state index in [-0.39, 0.29) is 5.91 Å². The Hall–Kier alpha value is -3.16. The van der Waals surface area contributed by atoms with Crippen molar-refractivity contribution in [1.82, 2.24) is 4.90 Å². The Labute approximate surface area is 208 Å². The number of amidine groups is 1. The Balaban J connectivity index is 1.60. The van der Waals surface area contributed by atoms with Crippen LogP contribution in [0.2, 0.25) is 0 Å². The molecule has 0 unspecified atom stereocenters. The van der Waals surface area contributed by atoms with Crippen LogP contribution in [0.25, 0.3) is 6.08 Å². The zero-order valence-corrected chi connectivity index (χ0v) is 21.0. The highest BCUT2D eigenvalue weighted by atomic mass is 32.2. The first-order valence-electron chi connectivity index (χ1n) is 10.8. The predicted molar refractivity (Wildman–Crippen MR) is 141 cm³/mol. The summed E-state index contributed by atoms with van der Waals surface area (Å²) in [6.45, 7) is 0.925. The fourth-order valence-corrected chi connectivity index (χ4v) is 4.80. The molecule has 5 nitrogen and oxygen atoms in total. The van der Waals surface area contributed by atoms with Gasteiger partial charge in [-0.3, -0.25) is 14.7 Å². The van der Waals surface area contributed by atoms with Crippen LogP contribution in [-0.4, -0.2) is 36.5 Å². The quantitative estimate of drug-likeness (QED) is 0.282. The van der Waals surface area contributed by atoms with Gasteiger partial charge < -0.3 is 9.47 Å². The molecule has 3 aromatic carbocycles. The molecule has 0 spiro atoms. The molecule has 1 aliphatic rings. The van der Waals surface area contributed by atoms with Gasteiger partial charge in [0.05, 0.1) is 32.2 Å². The van der Waals surface area contributed by atoms with E-state index >= 15 is 0 Å². The number of aliphatic imine (C=N–C) groups is 1. The third-order valence-corrected chi connectivity index (χ3v) is 7.15. The van der Waals surface area contributed by atoms with Crippen LogP contribution in [-0.2, 0) is 17.9 Å². The average molecular weight is 491 g/mol. The summed E-state index contributed by atoms with van der Waals surface area (Å²) < 4.78 is 10.5. The highest BCUT2D eigenvalue weighted by molar-refractivity contribution is 8.18. The molecule has 1 saturated heterocycles. The molecule has 1 aliphatic heterocycles. The summed E-state index contributed by atoms with van der Waals surface area (Å²) in [7, 11) is 3.29. The van der Waals surface area contributed by atoms with E-state index in [1.54, 1.807) is 30.9 Å². The van der Waals surface area contributed by atoms with E-state index in [4.69, 9.17) is 14.5 Å². The minimum Gasteiger partial charge on any atom is -0.497 e. The lowest BCUT2D eigenvalue weighted by molar-refractivity contribution is -0.122. The van der Waals surface area contributed by atoms with Crippen LogP contribution >= 0.6 is 23.5 Å². The minimum atomic E-state index is -0.0387. The molecule has 1 fully saturated rings. The summed E-state index contributed by atoms with van der Waals surface area (Å²) in [6.07, 6.45) is 3.99. The average Bonchev–Trinajstić information content (AvgIpc) is 3.17. The van der Waals surface area contributed by atoms with E-state index in [1.807, 2.05) is 73.0 Å². The van der Waals surface area contributed by atoms with Gasteiger partial charge in [-0.25, -0.2) is 0 Å². The lowest BCUT2D eigenvalue weighted by Crippen LogP contribution is -2.28. The molecule has 0 atom stereocenters. The summed E-state index contributed by atoms with van der Waals surface area (Å²) in [6, 6.07) is 23.8. The number of hydrogen-bond donors (Lipinski definition) is 0. The molecule has 0 aliphatic carbocycles. The molecule has 0 saturated carbocycles. The fraction of sp³-hybridized carbons (Fsp3) is 0.185. The van der Waals surface area contributed by atoms with Crippen LogP contribution in [0.4, 0.5) is 0 Å². The van der Waals surface area contributed by atoms with Crippen molar-refractivity contribution in [2.75, 3.05) is 20.5 Å². The molecule has 0 N–H and O–H groups in total. The van der Waals surface area contributed by atoms with Gasteiger partial charge in [0.15, 0.2) is 5.17 Å². The monoisotopic (exact) mass is 490 g/mol. The van der Waals surface area contributed by atoms with E-state index in [9.17, 15) is 4.79 Å². The normalized spacial score (nSPS) is 15.9. The predicted octanol–water partition coefficient (Wildman–Crippen LogP) is 6.10. The summed E-state index contributed by atoms with van der Waals surface area (Å²) in [4.78, 5) is 21.8. The lowest BCUT2D eigenvalue weighted by Gasteiger charge is -2.16. The maximum absolute atomic E-state index is 13.4. The zero-order chi connectivity index (χ0) is 23.9. The van der Waals surface area contributed by atoms with Crippen LogP contribution < -0.4 is 9.47 Å². The topological polar surface area (TPSA) is 51.1 Å². The molecule has 7 heteroatoms. The summed E-state index contributed by atoms with van der Waals surface area (Å²) in [5, 5.41) is 0.698. The maximum atomic E-state index is 13.4. The smallest absolute Gasteiger partial charge is 0.267 e. The van der Waals surface area contributed by atoms with E-state index in [0.717, 1.165) is 28.2 Å². The largest absolute Gasteiger partial charge is 0.497 e. The van der Waals surface area contributed by atoms with Gasteiger partial charge in [-0.1, -0.05) is 36.4 Å². The minimum absolute atomic E-state index is 0.0387. The molecule has 174 valence electrons. The molecular weight excluding hydrogens is 464 g/mol. The van der Waals surface area contributed by atoms with Crippen molar-refractivity contribution in [1.29, 1.82) is 0 Å². The zero-order valence-electron chi connectivity index (χ0n) is 19.4. The summed E-state index contributed by atoms with van der Waals surface area (Å²) in [5.41, 5.74) is 3.06. The number of methoxy groups -OCH3 is 2. The lowest BCUT2D eigenvalue weighted by atomic mass is 10.2. The summed E-state index contributed by atoms with van der Waals surface area (Å²) in [5.74, 6) is 1.55. The molecule has 0 bridgehead atoms. The van der Waals surface area contributed by atoms with Gasteiger partial charge >= 0.3 is 0 Å². The second-order valence-electron chi connectivity index (χ2n) is 7.57. The van der Waals surface area contributed by atoms with Gasteiger partial charge in [0.25, 0.3) is 5.91 Å². The highest BCUT2D eigenvalue weighted by Crippen LogP contribution is 2.34. The Morgan fingerprint density at radius 1 is 0.882 bits per heavy atom. The fourth-order valence-electron chi connectivity index (χ4n) is 3.42. The van der Waals surface area contributed by atoms with Crippen molar-refractivity contribution in [2.45, 2.75) is 18.0 Å². The van der Waals surface area contributed by atoms with Crippen LogP contribution in [0.3, 0.4) is 0 Å². The number of nitrogens with zero attached hydrogens (tertiary/aromatic N) is 2. The number of ether oxygens (including phenoxy) is 2. The van der Waals surface area contributed by atoms with E-state index in [2.05, 4.69) is 12.1 Å². The first-order chi connectivity index (χ1) is 16.6. The van der Waals surface area contributed by atoms with Crippen molar-refractivity contribution in [2.24, 2.45) is 4.99 Å². The van der Waals surface area contributed by atoms with E-state index < -0.39 is 0 Å². The number of carbonyl (C=O) groups excluding carboxylic acids is 1. The number of benzene rings is 3. The standard InChI is InChI=1S/C27H26N2O3S2/c1-31-22-10-4-20(5-11-22)17-28-27-29(18-21-6-12-23(32-2)13-7-21)26(30)25(34-27)16-19-8-14-24(33-3)15-9-19/h4-16H,17-18H2,1-3H3/b25-16-,28-27?. The Bertz CT molecular complexity index is 1190. The molecule has 1 heterocycles. The number of thioether (sulfide) groups is 2. The number of carbonyl (C=O) groups is 1. The first kappa shape index (κ1) is 24.0. The van der Waals surface area contributed by atoms with Gasteiger partial charge in [-0.2, -0.15) is 0 Å². The molecule has 1 amide bonds. The van der Waals surface area contributed by atoms with Crippen LogP contribution in [0.15, 0.2) is 87.6 Å². The van der Waals surface area contributed by atoms with Gasteiger partial charge in [0.2, 0.25) is 0 Å². The van der Waals surface area contributed by atoms with E-state index in [1.165, 1.54) is 16.7 Å². The molecule has 0 radical (unpaired) electrons. The third kappa shape index (κ3) is 5.85. The van der Waals surface area contributed by atoms with Gasteiger partial charge in [0.1, 0.15) is 11.5 Å². The Morgan fingerprint density at radius 3 is 2.03 bits per heavy atom. The third-order valence-electron chi connectivity index (χ3n) is 5.36. The first-order valence-corrected chi connectivity index (χ1v) is 12.8. The van der Waals surface area contributed by atoms with Gasteiger partial charge in [-0.05, 0) is 77.2 Å². The van der Waals surface area contributed by atoms with Crippen molar-refractivity contribution in [3.63, 3.8) is 0 Å². The van der Waals surface area contributed by atoms with Crippen molar-refractivity contribution >= 4 is 40.7 Å². The summed E-state index contributed by atoms with van der Waals surface area (Å²) >= 11 is 3.11. The Morgan fingerprint density at radius 2 is 1.47 bits per heavy atom. The van der Waals surface area contributed by atoms with E-state index in [0.29, 0.717) is 23.2 Å². The molecule has 34 heavy (non-hydrogen) atoms. The number of rotatable bonds is 8. The highest BCUT2D eigenvalue weighted by Gasteiger charge is 2.33. The molecule has 4 rings (SSSR count). The Kier molecular flexibility index (Phi) is 7.98. The number of hydrogen-bond acceptors (Lipinski definition) is 6. The molecular formula is C27H26N2O3S2.